The fraction of sp³-hybridized carbons (Fsp3) is 0.686. The summed E-state index contributed by atoms with van der Waals surface area (Å²) in [5, 5.41) is 2.69. The Bertz CT molecular complexity index is 1860. The van der Waals surface area contributed by atoms with Crippen LogP contribution in [0.25, 0.3) is 11.1 Å². The maximum absolute atomic E-state index is 14.0. The first-order valence-corrected chi connectivity index (χ1v) is 23.0. The number of hydrogen-bond acceptors (Lipinski definition) is 8. The van der Waals surface area contributed by atoms with Crippen LogP contribution in [0.3, 0.4) is 0 Å². The molecule has 8 unspecified atom stereocenters. The summed E-state index contributed by atoms with van der Waals surface area (Å²) in [6, 6.07) is 15.0. The van der Waals surface area contributed by atoms with E-state index in [2.05, 4.69) is 50.4 Å². The van der Waals surface area contributed by atoms with Crippen LogP contribution in [0.4, 0.5) is 4.79 Å². The zero-order valence-corrected chi connectivity index (χ0v) is 37.8. The number of alkyl carbamates (subject to hydrolysis) is 1. The van der Waals surface area contributed by atoms with Gasteiger partial charge < -0.3 is 24.3 Å². The van der Waals surface area contributed by atoms with Gasteiger partial charge in [0, 0.05) is 12.3 Å². The van der Waals surface area contributed by atoms with Crippen LogP contribution in [-0.4, -0.2) is 54.0 Å². The van der Waals surface area contributed by atoms with Crippen LogP contribution in [0.1, 0.15) is 156 Å². The number of benzene rings is 2. The molecule has 0 spiro atoms. The van der Waals surface area contributed by atoms with E-state index in [4.69, 9.17) is 18.9 Å². The van der Waals surface area contributed by atoms with Crippen LogP contribution in [0, 0.1) is 46.3 Å². The van der Waals surface area contributed by atoms with Crippen molar-refractivity contribution in [1.29, 1.82) is 0 Å². The molecule has 0 bridgehead atoms. The molecule has 0 radical (unpaired) electrons. The van der Waals surface area contributed by atoms with Gasteiger partial charge in [0.25, 0.3) is 0 Å². The maximum atomic E-state index is 14.0. The summed E-state index contributed by atoms with van der Waals surface area (Å²) >= 11 is 0. The molecule has 1 amide bonds. The highest BCUT2D eigenvalue weighted by atomic mass is 16.6. The van der Waals surface area contributed by atoms with Crippen molar-refractivity contribution in [3.63, 3.8) is 0 Å². The van der Waals surface area contributed by atoms with Gasteiger partial charge in [0.1, 0.15) is 30.0 Å². The molecule has 9 heteroatoms. The van der Waals surface area contributed by atoms with E-state index in [-0.39, 0.29) is 36.4 Å². The Morgan fingerprint density at radius 2 is 1.35 bits per heavy atom. The van der Waals surface area contributed by atoms with Gasteiger partial charge in [0.2, 0.25) is 0 Å². The van der Waals surface area contributed by atoms with Crippen LogP contribution in [0.2, 0.25) is 0 Å². The van der Waals surface area contributed by atoms with E-state index in [1.165, 1.54) is 32.1 Å². The van der Waals surface area contributed by atoms with Gasteiger partial charge in [0.05, 0.1) is 6.42 Å². The molecule has 60 heavy (non-hydrogen) atoms. The third-order valence-electron chi connectivity index (χ3n) is 15.6. The zero-order chi connectivity index (χ0) is 43.2. The predicted molar refractivity (Wildman–Crippen MR) is 232 cm³/mol. The van der Waals surface area contributed by atoms with Crippen LogP contribution in [0.5, 0.6) is 0 Å². The van der Waals surface area contributed by atoms with Gasteiger partial charge in [0.15, 0.2) is 0 Å². The SMILES string of the molecule is CC(CCC(=O)OC(C)(C)C)C1CCC2C3CCC4CC(OC(=O)C(CC(=O)OC(C)(C)C)NC(=O)OCC5c6ccccc6-c6ccccc65)CC[C@]4(C)C3CC[C@]12C. The Morgan fingerprint density at radius 1 is 0.750 bits per heavy atom. The molecule has 0 saturated heterocycles. The first-order valence-electron chi connectivity index (χ1n) is 23.0. The van der Waals surface area contributed by atoms with Crippen molar-refractivity contribution < 1.29 is 38.1 Å². The average Bonchev–Trinajstić information content (AvgIpc) is 3.69. The van der Waals surface area contributed by atoms with Crippen molar-refractivity contribution in [3.8, 4) is 11.1 Å². The number of hydrogen-bond donors (Lipinski definition) is 1. The van der Waals surface area contributed by atoms with E-state index in [0.29, 0.717) is 47.3 Å². The molecule has 4 fully saturated rings. The molecule has 0 aromatic heterocycles. The Morgan fingerprint density at radius 3 is 2.00 bits per heavy atom. The molecule has 0 aliphatic heterocycles. The lowest BCUT2D eigenvalue weighted by Crippen LogP contribution is -2.54. The molecule has 1 N–H and O–H groups in total. The lowest BCUT2D eigenvalue weighted by molar-refractivity contribution is -0.168. The Kier molecular flexibility index (Phi) is 12.6. The topological polar surface area (TPSA) is 117 Å². The van der Waals surface area contributed by atoms with E-state index < -0.39 is 35.3 Å². The fourth-order valence-corrected chi connectivity index (χ4v) is 13.0. The van der Waals surface area contributed by atoms with Gasteiger partial charge in [-0.25, -0.2) is 9.59 Å². The second-order valence-electron chi connectivity index (χ2n) is 21.6. The molecule has 328 valence electrons. The maximum Gasteiger partial charge on any atom is 0.407 e. The molecular formula is C51H71NO8. The van der Waals surface area contributed by atoms with E-state index >= 15 is 0 Å². The minimum atomic E-state index is -1.24. The molecule has 9 nitrogen and oxygen atoms in total. The van der Waals surface area contributed by atoms with Gasteiger partial charge >= 0.3 is 24.0 Å². The van der Waals surface area contributed by atoms with E-state index in [9.17, 15) is 19.2 Å². The number of carbonyl (C=O) groups excluding carboxylic acids is 4. The average molecular weight is 826 g/mol. The summed E-state index contributed by atoms with van der Waals surface area (Å²) in [6.07, 6.45) is 9.82. The number of esters is 3. The Hall–Kier alpha value is -3.88. The van der Waals surface area contributed by atoms with Crippen molar-refractivity contribution in [3.05, 3.63) is 59.7 Å². The first kappa shape index (κ1) is 44.2. The fourth-order valence-electron chi connectivity index (χ4n) is 13.0. The molecule has 2 aromatic carbocycles. The molecule has 7 rings (SSSR count). The quantitative estimate of drug-likeness (QED) is 0.176. The van der Waals surface area contributed by atoms with E-state index in [0.717, 1.165) is 54.4 Å². The second-order valence-corrected chi connectivity index (χ2v) is 21.6. The van der Waals surface area contributed by atoms with Crippen LogP contribution in [-0.2, 0) is 33.3 Å². The summed E-state index contributed by atoms with van der Waals surface area (Å²) in [6.45, 7) is 18.7. The summed E-state index contributed by atoms with van der Waals surface area (Å²) in [5.41, 5.74) is 3.70. The zero-order valence-electron chi connectivity index (χ0n) is 37.8. The van der Waals surface area contributed by atoms with Gasteiger partial charge in [-0.2, -0.15) is 0 Å². The van der Waals surface area contributed by atoms with E-state index in [1.807, 2.05) is 45.0 Å². The summed E-state index contributed by atoms with van der Waals surface area (Å²) < 4.78 is 23.2. The highest BCUT2D eigenvalue weighted by Crippen LogP contribution is 2.68. The predicted octanol–water partition coefficient (Wildman–Crippen LogP) is 11.0. The molecule has 5 aliphatic carbocycles. The Labute approximate surface area is 358 Å². The van der Waals surface area contributed by atoms with Crippen molar-refractivity contribution in [2.45, 2.75) is 169 Å². The van der Waals surface area contributed by atoms with Gasteiger partial charge in [-0.15, -0.1) is 0 Å². The Balaban J connectivity index is 0.961. The molecular weight excluding hydrogens is 755 g/mol. The van der Waals surface area contributed by atoms with Crippen molar-refractivity contribution in [2.75, 3.05) is 6.61 Å². The van der Waals surface area contributed by atoms with Crippen LogP contribution in [0.15, 0.2) is 48.5 Å². The van der Waals surface area contributed by atoms with Crippen LogP contribution >= 0.6 is 0 Å². The van der Waals surface area contributed by atoms with Crippen LogP contribution < -0.4 is 5.32 Å². The highest BCUT2D eigenvalue weighted by Gasteiger charge is 2.61. The number of nitrogens with one attached hydrogen (secondary N) is 1. The van der Waals surface area contributed by atoms with Gasteiger partial charge in [-0.05, 0) is 174 Å². The van der Waals surface area contributed by atoms with Crippen molar-refractivity contribution in [2.24, 2.45) is 46.3 Å². The smallest absolute Gasteiger partial charge is 0.407 e. The monoisotopic (exact) mass is 826 g/mol. The first-order chi connectivity index (χ1) is 28.3. The number of fused-ring (bicyclic) bond motifs is 8. The third kappa shape index (κ3) is 9.30. The molecule has 10 atom stereocenters. The molecule has 5 aliphatic rings. The minimum absolute atomic E-state index is 0.0873. The largest absolute Gasteiger partial charge is 0.461 e. The van der Waals surface area contributed by atoms with Crippen molar-refractivity contribution in [1.82, 2.24) is 5.32 Å². The summed E-state index contributed by atoms with van der Waals surface area (Å²) in [4.78, 5) is 53.0. The van der Waals surface area contributed by atoms with E-state index in [1.54, 1.807) is 20.8 Å². The minimum Gasteiger partial charge on any atom is -0.461 e. The standard InChI is InChI=1S/C51H71NO8/c1-31(18-23-44(53)59-48(2,3)4)40-21-22-41-38-20-19-32-28-33(24-26-50(32,8)42(38)25-27-51(40,41)9)58-46(55)43(29-45(54)60-49(5,6)7)52-47(56)57-30-39-36-16-12-10-14-34(36)35-15-11-13-17-37(35)39/h10-17,31-33,38-43H,18-30H2,1-9H3,(H,52,56)/t31?,32?,33?,38?,40?,41?,42?,43?,50-,51+/m0/s1. The van der Waals surface area contributed by atoms with Gasteiger partial charge in [-0.3, -0.25) is 9.59 Å². The normalized spacial score (nSPS) is 30.6. The second kappa shape index (κ2) is 17.1. The number of carbonyl (C=O) groups is 4. The lowest BCUT2D eigenvalue weighted by atomic mass is 9.44. The third-order valence-corrected chi connectivity index (χ3v) is 15.6. The number of rotatable bonds is 11. The lowest BCUT2D eigenvalue weighted by Gasteiger charge is -2.61. The molecule has 0 heterocycles. The van der Waals surface area contributed by atoms with Crippen molar-refractivity contribution >= 4 is 24.0 Å². The summed E-state index contributed by atoms with van der Waals surface area (Å²) in [7, 11) is 0. The molecule has 4 saturated carbocycles. The molecule has 2 aromatic rings. The van der Waals surface area contributed by atoms with Gasteiger partial charge in [-0.1, -0.05) is 69.3 Å². The summed E-state index contributed by atoms with van der Waals surface area (Å²) in [5.74, 6) is 2.17. The number of ether oxygens (including phenoxy) is 4. The number of amides is 1. The highest BCUT2D eigenvalue weighted by molar-refractivity contribution is 5.86.